The predicted molar refractivity (Wildman–Crippen MR) is 97.5 cm³/mol. The van der Waals surface area contributed by atoms with E-state index in [9.17, 15) is 14.2 Å². The number of hydrogen-bond donors (Lipinski definition) is 2. The van der Waals surface area contributed by atoms with Crippen LogP contribution in [0, 0.1) is 0 Å². The molecule has 0 aliphatic carbocycles. The smallest absolute Gasteiger partial charge is 0.347 e. The molecule has 5 atom stereocenters. The van der Waals surface area contributed by atoms with E-state index in [0.717, 1.165) is 5.56 Å². The zero-order valence-corrected chi connectivity index (χ0v) is 15.9. The van der Waals surface area contributed by atoms with Crippen molar-refractivity contribution < 1.29 is 22.9 Å². The number of nitrogens with zero attached hydrogens (tertiary/aromatic N) is 1. The molecule has 0 radical (unpaired) electrons. The van der Waals surface area contributed by atoms with Gasteiger partial charge in [0.1, 0.15) is 12.2 Å². The summed E-state index contributed by atoms with van der Waals surface area (Å²) in [4.78, 5) is 25.6. The lowest BCUT2D eigenvalue weighted by Crippen LogP contribution is -2.55. The van der Waals surface area contributed by atoms with E-state index in [4.69, 9.17) is 24.0 Å². The number of phosphoric acid groups is 1. The third-order valence-electron chi connectivity index (χ3n) is 4.76. The Morgan fingerprint density at radius 3 is 2.79 bits per heavy atom. The number of rotatable bonds is 4. The van der Waals surface area contributed by atoms with Crippen molar-refractivity contribution in [2.75, 3.05) is 6.61 Å². The van der Waals surface area contributed by atoms with Crippen molar-refractivity contribution in [3.05, 3.63) is 69.0 Å². The fraction of sp³-hybridized carbons (Fsp3) is 0.412. The molecule has 0 amide bonds. The van der Waals surface area contributed by atoms with Crippen LogP contribution in [0.1, 0.15) is 18.7 Å². The molecular formula is C17H20N3O7P. The lowest BCUT2D eigenvalue weighted by molar-refractivity contribution is -0.0730. The molecule has 0 spiro atoms. The van der Waals surface area contributed by atoms with Gasteiger partial charge in [-0.25, -0.2) is 9.36 Å². The van der Waals surface area contributed by atoms with Crippen molar-refractivity contribution in [1.82, 2.24) is 9.55 Å². The van der Waals surface area contributed by atoms with Gasteiger partial charge in [0.15, 0.2) is 6.23 Å². The van der Waals surface area contributed by atoms with Crippen LogP contribution in [0.5, 0.6) is 0 Å². The molecule has 0 bridgehead atoms. The SMILES string of the molecule is C[C@@]1(N)[C@@H]2O[P@@](=O)(OCc3ccccc3)OC[C@H]2O[C@H]1n1ccc(=O)[nH]c1=O. The second-order valence-corrected chi connectivity index (χ2v) is 8.56. The summed E-state index contributed by atoms with van der Waals surface area (Å²) in [5.74, 6) is 0. The average molecular weight is 409 g/mol. The Kier molecular flexibility index (Phi) is 4.86. The van der Waals surface area contributed by atoms with Gasteiger partial charge in [-0.15, -0.1) is 0 Å². The number of nitrogens with two attached hydrogens (primary N) is 1. The van der Waals surface area contributed by atoms with E-state index in [1.54, 1.807) is 6.92 Å². The van der Waals surface area contributed by atoms with Crippen LogP contribution in [0.2, 0.25) is 0 Å². The summed E-state index contributed by atoms with van der Waals surface area (Å²) in [7, 11) is -3.87. The summed E-state index contributed by atoms with van der Waals surface area (Å²) in [6.45, 7) is 1.59. The van der Waals surface area contributed by atoms with Crippen molar-refractivity contribution in [2.24, 2.45) is 5.73 Å². The van der Waals surface area contributed by atoms with Crippen LogP contribution in [0.25, 0.3) is 0 Å². The van der Waals surface area contributed by atoms with Crippen molar-refractivity contribution in [1.29, 1.82) is 0 Å². The number of hydrogen-bond acceptors (Lipinski definition) is 8. The number of nitrogens with one attached hydrogen (secondary N) is 1. The zero-order chi connectivity index (χ0) is 19.9. The third-order valence-corrected chi connectivity index (χ3v) is 6.16. The Labute approximate surface area is 159 Å². The summed E-state index contributed by atoms with van der Waals surface area (Å²) in [6.07, 6.45) is -1.15. The highest BCUT2D eigenvalue weighted by Crippen LogP contribution is 2.58. The monoisotopic (exact) mass is 409 g/mol. The maximum atomic E-state index is 12.9. The molecule has 3 N–H and O–H groups in total. The summed E-state index contributed by atoms with van der Waals surface area (Å²) < 4.78 is 36.3. The minimum Gasteiger partial charge on any atom is -0.347 e. The first-order valence-corrected chi connectivity index (χ1v) is 10.1. The van der Waals surface area contributed by atoms with E-state index in [1.807, 2.05) is 30.3 Å². The summed E-state index contributed by atoms with van der Waals surface area (Å²) in [5, 5.41) is 0. The second kappa shape index (κ2) is 7.07. The number of aromatic nitrogens is 2. The van der Waals surface area contributed by atoms with Crippen molar-refractivity contribution in [2.45, 2.75) is 37.5 Å². The number of fused-ring (bicyclic) bond motifs is 1. The lowest BCUT2D eigenvalue weighted by atomic mass is 9.93. The van der Waals surface area contributed by atoms with Crippen LogP contribution >= 0.6 is 7.82 Å². The molecule has 2 fully saturated rings. The van der Waals surface area contributed by atoms with Gasteiger partial charge in [0, 0.05) is 12.3 Å². The largest absolute Gasteiger partial charge is 0.475 e. The zero-order valence-electron chi connectivity index (χ0n) is 15.0. The molecule has 2 saturated heterocycles. The molecule has 0 saturated carbocycles. The number of phosphoric ester groups is 1. The summed E-state index contributed by atoms with van der Waals surface area (Å²) in [6, 6.07) is 10.4. The molecule has 3 heterocycles. The molecule has 150 valence electrons. The predicted octanol–water partition coefficient (Wildman–Crippen LogP) is 0.892. The van der Waals surface area contributed by atoms with E-state index in [-0.39, 0.29) is 13.2 Å². The Balaban J connectivity index is 1.54. The molecule has 4 rings (SSSR count). The Hall–Kier alpha value is -2.07. The normalized spacial score (nSPS) is 34.9. The average Bonchev–Trinajstić information content (AvgIpc) is 2.91. The quantitative estimate of drug-likeness (QED) is 0.711. The maximum Gasteiger partial charge on any atom is 0.475 e. The fourth-order valence-corrected chi connectivity index (χ4v) is 4.81. The second-order valence-electron chi connectivity index (χ2n) is 6.94. The highest BCUT2D eigenvalue weighted by Gasteiger charge is 2.59. The van der Waals surface area contributed by atoms with Crippen LogP contribution in [-0.2, 0) is 29.5 Å². The van der Waals surface area contributed by atoms with Crippen LogP contribution in [0.3, 0.4) is 0 Å². The van der Waals surface area contributed by atoms with Gasteiger partial charge in [0.2, 0.25) is 0 Å². The minimum absolute atomic E-state index is 0.0421. The Morgan fingerprint density at radius 1 is 1.32 bits per heavy atom. The molecule has 0 unspecified atom stereocenters. The van der Waals surface area contributed by atoms with E-state index in [1.165, 1.54) is 16.8 Å². The van der Waals surface area contributed by atoms with Crippen LogP contribution in [0.4, 0.5) is 0 Å². The van der Waals surface area contributed by atoms with Gasteiger partial charge in [-0.2, -0.15) is 0 Å². The Morgan fingerprint density at radius 2 is 2.07 bits per heavy atom. The molecule has 2 aliphatic rings. The molecule has 1 aromatic carbocycles. The lowest BCUT2D eigenvalue weighted by Gasteiger charge is -2.35. The van der Waals surface area contributed by atoms with Crippen molar-refractivity contribution >= 4 is 7.82 Å². The summed E-state index contributed by atoms with van der Waals surface area (Å²) in [5.41, 5.74) is 4.78. The molecular weight excluding hydrogens is 389 g/mol. The number of aromatic amines is 1. The highest BCUT2D eigenvalue weighted by molar-refractivity contribution is 7.48. The fourth-order valence-electron chi connectivity index (χ4n) is 3.34. The highest BCUT2D eigenvalue weighted by atomic mass is 31.2. The van der Waals surface area contributed by atoms with Crippen molar-refractivity contribution in [3.63, 3.8) is 0 Å². The minimum atomic E-state index is -3.87. The molecule has 2 aromatic rings. The molecule has 10 nitrogen and oxygen atoms in total. The third kappa shape index (κ3) is 3.50. The van der Waals surface area contributed by atoms with Gasteiger partial charge in [0.05, 0.1) is 18.8 Å². The summed E-state index contributed by atoms with van der Waals surface area (Å²) >= 11 is 0. The molecule has 28 heavy (non-hydrogen) atoms. The number of ether oxygens (including phenoxy) is 1. The molecule has 11 heteroatoms. The van der Waals surface area contributed by atoms with E-state index >= 15 is 0 Å². The van der Waals surface area contributed by atoms with Crippen LogP contribution < -0.4 is 17.0 Å². The first-order chi connectivity index (χ1) is 13.3. The maximum absolute atomic E-state index is 12.9. The molecule has 2 aliphatic heterocycles. The number of benzene rings is 1. The Bertz CT molecular complexity index is 1020. The van der Waals surface area contributed by atoms with E-state index < -0.39 is 43.0 Å². The molecule has 1 aromatic heterocycles. The van der Waals surface area contributed by atoms with Gasteiger partial charge >= 0.3 is 13.5 Å². The van der Waals surface area contributed by atoms with Crippen LogP contribution in [0.15, 0.2) is 52.2 Å². The van der Waals surface area contributed by atoms with E-state index in [0.29, 0.717) is 0 Å². The van der Waals surface area contributed by atoms with Crippen molar-refractivity contribution in [3.8, 4) is 0 Å². The van der Waals surface area contributed by atoms with Gasteiger partial charge in [-0.05, 0) is 12.5 Å². The standard InChI is InChI=1S/C17H20N3O7P/c1-17(18)14-12(26-15(17)20-8-7-13(21)19-16(20)22)10-25-28(23,27-14)24-9-11-5-3-2-4-6-11/h2-8,12,14-15H,9-10,18H2,1H3,(H,19,21,22)/t12-,14-,15-,17-,28+/m1/s1. The first kappa shape index (κ1) is 19.3. The van der Waals surface area contributed by atoms with Gasteiger partial charge in [-0.1, -0.05) is 30.3 Å². The number of H-pyrrole nitrogens is 1. The first-order valence-electron chi connectivity index (χ1n) is 8.66. The van der Waals surface area contributed by atoms with Gasteiger partial charge in [0.25, 0.3) is 5.56 Å². The van der Waals surface area contributed by atoms with Gasteiger partial charge < -0.3 is 10.5 Å². The van der Waals surface area contributed by atoms with Gasteiger partial charge in [-0.3, -0.25) is 27.9 Å². The van der Waals surface area contributed by atoms with E-state index in [2.05, 4.69) is 4.98 Å². The topological polar surface area (TPSA) is 135 Å². The van der Waals surface area contributed by atoms with Crippen LogP contribution in [-0.4, -0.2) is 33.9 Å².